The van der Waals surface area contributed by atoms with Crippen LogP contribution >= 0.6 is 11.3 Å². The molecule has 11 heteroatoms. The highest BCUT2D eigenvalue weighted by atomic mass is 32.2. The number of thiophene rings is 1. The molecule has 2 aromatic heterocycles. The lowest BCUT2D eigenvalue weighted by molar-refractivity contribution is -0.115. The number of H-pyrrole nitrogens is 1. The van der Waals surface area contributed by atoms with E-state index in [0.717, 1.165) is 50.1 Å². The van der Waals surface area contributed by atoms with Gasteiger partial charge in [-0.05, 0) is 44.2 Å². The van der Waals surface area contributed by atoms with Crippen molar-refractivity contribution in [2.45, 2.75) is 42.7 Å². The van der Waals surface area contributed by atoms with Crippen LogP contribution in [0.3, 0.4) is 0 Å². The van der Waals surface area contributed by atoms with Gasteiger partial charge < -0.3 is 4.90 Å². The number of sulfonamides is 1. The summed E-state index contributed by atoms with van der Waals surface area (Å²) in [4.78, 5) is 19.5. The number of rotatable bonds is 6. The van der Waals surface area contributed by atoms with Gasteiger partial charge in [0, 0.05) is 31.1 Å². The van der Waals surface area contributed by atoms with Crippen LogP contribution < -0.4 is 10.2 Å². The zero-order valence-corrected chi connectivity index (χ0v) is 17.2. The lowest BCUT2D eigenvalue weighted by Gasteiger charge is -2.24. The van der Waals surface area contributed by atoms with Gasteiger partial charge in [-0.2, -0.15) is 9.29 Å². The first-order valence-electron chi connectivity index (χ1n) is 9.58. The van der Waals surface area contributed by atoms with E-state index in [1.54, 1.807) is 12.1 Å². The summed E-state index contributed by atoms with van der Waals surface area (Å²) in [5.74, 6) is 0.658. The second kappa shape index (κ2) is 8.18. The number of carbonyl (C=O) groups excluding carboxylic acids is 1. The van der Waals surface area contributed by atoms with Crippen LogP contribution in [0.1, 0.15) is 37.0 Å². The van der Waals surface area contributed by atoms with E-state index in [-0.39, 0.29) is 12.3 Å². The number of anilines is 2. The summed E-state index contributed by atoms with van der Waals surface area (Å²) in [6.45, 7) is 2.99. The highest BCUT2D eigenvalue weighted by Gasteiger charge is 2.28. The van der Waals surface area contributed by atoms with Gasteiger partial charge in [0.1, 0.15) is 4.21 Å². The van der Waals surface area contributed by atoms with Crippen molar-refractivity contribution in [3.8, 4) is 0 Å². The zero-order valence-electron chi connectivity index (χ0n) is 15.6. The first-order chi connectivity index (χ1) is 13.5. The van der Waals surface area contributed by atoms with Gasteiger partial charge in [-0.3, -0.25) is 10.1 Å². The van der Waals surface area contributed by atoms with Crippen LogP contribution in [0.15, 0.2) is 16.3 Å². The predicted octanol–water partition coefficient (Wildman–Crippen LogP) is 1.82. The molecule has 2 aliphatic rings. The number of amides is 1. The Hall–Kier alpha value is -1.98. The maximum Gasteiger partial charge on any atom is 0.252 e. The molecule has 0 bridgehead atoms. The Kier molecular flexibility index (Phi) is 5.65. The van der Waals surface area contributed by atoms with Crippen LogP contribution in [0.25, 0.3) is 0 Å². The molecule has 0 atom stereocenters. The first-order valence-corrected chi connectivity index (χ1v) is 11.8. The van der Waals surface area contributed by atoms with Crippen molar-refractivity contribution in [2.75, 3.05) is 36.4 Å². The number of aromatic amines is 1. The number of carbonyl (C=O) groups is 1. The van der Waals surface area contributed by atoms with Gasteiger partial charge in [0.2, 0.25) is 17.8 Å². The van der Waals surface area contributed by atoms with Gasteiger partial charge in [-0.25, -0.2) is 13.5 Å². The first kappa shape index (κ1) is 19.3. The van der Waals surface area contributed by atoms with Crippen LogP contribution in [-0.4, -0.2) is 60.0 Å². The Morgan fingerprint density at radius 2 is 1.82 bits per heavy atom. The number of nitrogens with zero attached hydrogens (tertiary/aromatic N) is 4. The topological polar surface area (TPSA) is 111 Å². The third-order valence-corrected chi connectivity index (χ3v) is 8.45. The molecule has 0 aromatic carbocycles. The molecule has 9 nitrogen and oxygen atoms in total. The Morgan fingerprint density at radius 3 is 2.57 bits per heavy atom. The molecule has 28 heavy (non-hydrogen) atoms. The van der Waals surface area contributed by atoms with Gasteiger partial charge in [0.05, 0.1) is 6.42 Å². The molecule has 2 aliphatic heterocycles. The largest absolute Gasteiger partial charge is 0.340 e. The molecule has 2 saturated heterocycles. The van der Waals surface area contributed by atoms with Crippen molar-refractivity contribution in [1.29, 1.82) is 0 Å². The average Bonchev–Trinajstić information content (AvgIpc) is 3.44. The second-order valence-electron chi connectivity index (χ2n) is 7.09. The Balaban J connectivity index is 1.35. The fourth-order valence-electron chi connectivity index (χ4n) is 3.53. The maximum atomic E-state index is 12.6. The van der Waals surface area contributed by atoms with Crippen molar-refractivity contribution >= 4 is 39.2 Å². The number of nitrogens with one attached hydrogen (secondary N) is 2. The smallest absolute Gasteiger partial charge is 0.252 e. The molecule has 0 aliphatic carbocycles. The van der Waals surface area contributed by atoms with Gasteiger partial charge in [-0.15, -0.1) is 16.4 Å². The summed E-state index contributed by atoms with van der Waals surface area (Å²) in [6.07, 6.45) is 5.36. The molecular formula is C17H24N6O3S2. The third kappa shape index (κ3) is 4.20. The molecule has 0 saturated carbocycles. The fourth-order valence-corrected chi connectivity index (χ4v) is 6.55. The lowest BCUT2D eigenvalue weighted by atomic mass is 10.1. The minimum absolute atomic E-state index is 0.0972. The summed E-state index contributed by atoms with van der Waals surface area (Å²) in [5.41, 5.74) is 0. The van der Waals surface area contributed by atoms with E-state index in [0.29, 0.717) is 34.1 Å². The normalized spacial score (nSPS) is 18.5. The van der Waals surface area contributed by atoms with Crippen LogP contribution in [0.5, 0.6) is 0 Å². The Bertz CT molecular complexity index is 926. The van der Waals surface area contributed by atoms with E-state index in [1.807, 2.05) is 0 Å². The van der Waals surface area contributed by atoms with Crippen LogP contribution in [0, 0.1) is 0 Å². The standard InChI is InChI=1S/C17H24N6O3S2/c24-14(18-16-19-17(21-20-16)22-8-2-1-3-9-22)12-13-6-7-15(27-13)28(25,26)23-10-4-5-11-23/h6-7H,1-5,8-12H2,(H2,18,19,20,21,24). The molecule has 152 valence electrons. The molecule has 0 unspecified atom stereocenters. The van der Waals surface area contributed by atoms with Gasteiger partial charge >= 0.3 is 0 Å². The molecular weight excluding hydrogens is 400 g/mol. The van der Waals surface area contributed by atoms with Gasteiger partial charge in [-0.1, -0.05) is 0 Å². The predicted molar refractivity (Wildman–Crippen MR) is 107 cm³/mol. The lowest BCUT2D eigenvalue weighted by Crippen LogP contribution is -2.30. The van der Waals surface area contributed by atoms with Crippen LogP contribution in [0.4, 0.5) is 11.9 Å². The number of aromatic nitrogens is 3. The van der Waals surface area contributed by atoms with Gasteiger partial charge in [0.15, 0.2) is 0 Å². The van der Waals surface area contributed by atoms with Crippen LogP contribution in [-0.2, 0) is 21.2 Å². The summed E-state index contributed by atoms with van der Waals surface area (Å²) in [5, 5.41) is 9.63. The van der Waals surface area contributed by atoms with Crippen LogP contribution in [0.2, 0.25) is 0 Å². The molecule has 1 amide bonds. The summed E-state index contributed by atoms with van der Waals surface area (Å²) in [7, 11) is -3.44. The summed E-state index contributed by atoms with van der Waals surface area (Å²) in [6, 6.07) is 3.29. The molecule has 0 spiro atoms. The summed E-state index contributed by atoms with van der Waals surface area (Å²) < 4.78 is 27.0. The van der Waals surface area contributed by atoms with E-state index in [1.165, 1.54) is 10.7 Å². The molecule has 2 aromatic rings. The zero-order chi connectivity index (χ0) is 19.6. The van der Waals surface area contributed by atoms with E-state index >= 15 is 0 Å². The number of piperidine rings is 1. The highest BCUT2D eigenvalue weighted by molar-refractivity contribution is 7.91. The number of hydrogen-bond donors (Lipinski definition) is 2. The molecule has 4 rings (SSSR count). The van der Waals surface area contributed by atoms with Crippen molar-refractivity contribution < 1.29 is 13.2 Å². The second-order valence-corrected chi connectivity index (χ2v) is 10.4. The molecule has 4 heterocycles. The molecule has 2 fully saturated rings. The quantitative estimate of drug-likeness (QED) is 0.732. The summed E-state index contributed by atoms with van der Waals surface area (Å²) >= 11 is 1.15. The third-order valence-electron chi connectivity index (χ3n) is 5.00. The van der Waals surface area contributed by atoms with E-state index in [9.17, 15) is 13.2 Å². The fraction of sp³-hybridized carbons (Fsp3) is 0.588. The Morgan fingerprint density at radius 1 is 1.11 bits per heavy atom. The minimum Gasteiger partial charge on any atom is -0.340 e. The van der Waals surface area contributed by atoms with Gasteiger partial charge in [0.25, 0.3) is 10.0 Å². The monoisotopic (exact) mass is 424 g/mol. The van der Waals surface area contributed by atoms with Crippen molar-refractivity contribution in [1.82, 2.24) is 19.5 Å². The number of hydrogen-bond acceptors (Lipinski definition) is 7. The van der Waals surface area contributed by atoms with E-state index < -0.39 is 10.0 Å². The minimum atomic E-state index is -3.44. The average molecular weight is 425 g/mol. The highest BCUT2D eigenvalue weighted by Crippen LogP contribution is 2.27. The van der Waals surface area contributed by atoms with E-state index in [4.69, 9.17) is 0 Å². The van der Waals surface area contributed by atoms with Crippen molar-refractivity contribution in [3.63, 3.8) is 0 Å². The maximum absolute atomic E-state index is 12.6. The molecule has 0 radical (unpaired) electrons. The molecule has 2 N–H and O–H groups in total. The van der Waals surface area contributed by atoms with Crippen molar-refractivity contribution in [2.24, 2.45) is 0 Å². The Labute approximate surface area is 168 Å². The SMILES string of the molecule is O=C(Cc1ccc(S(=O)(=O)N2CCCC2)s1)Nc1nc(N2CCCCC2)n[nH]1. The van der Waals surface area contributed by atoms with E-state index in [2.05, 4.69) is 25.4 Å². The van der Waals surface area contributed by atoms with Crippen molar-refractivity contribution in [3.05, 3.63) is 17.0 Å².